The van der Waals surface area contributed by atoms with Crippen molar-refractivity contribution in [2.45, 2.75) is 13.3 Å². The fourth-order valence-electron chi connectivity index (χ4n) is 3.10. The summed E-state index contributed by atoms with van der Waals surface area (Å²) in [6, 6.07) is 18.6. The van der Waals surface area contributed by atoms with Gasteiger partial charge < -0.3 is 10.2 Å². The Balaban J connectivity index is 1.46. The van der Waals surface area contributed by atoms with Gasteiger partial charge in [0.25, 0.3) is 0 Å². The van der Waals surface area contributed by atoms with Crippen LogP contribution in [0.25, 0.3) is 6.08 Å². The van der Waals surface area contributed by atoms with Gasteiger partial charge in [-0.1, -0.05) is 49.4 Å². The third kappa shape index (κ3) is 5.20. The lowest BCUT2D eigenvalue weighted by atomic mass is 10.2. The molecule has 1 saturated heterocycles. The first-order chi connectivity index (χ1) is 12.7. The van der Waals surface area contributed by atoms with Gasteiger partial charge in [0, 0.05) is 50.5 Å². The van der Waals surface area contributed by atoms with E-state index in [1.165, 1.54) is 11.3 Å². The first-order valence-corrected chi connectivity index (χ1v) is 9.33. The topological polar surface area (TPSA) is 35.6 Å². The van der Waals surface area contributed by atoms with Gasteiger partial charge in [0.1, 0.15) is 0 Å². The van der Waals surface area contributed by atoms with Gasteiger partial charge in [0.2, 0.25) is 5.91 Å². The Morgan fingerprint density at radius 3 is 2.35 bits per heavy atom. The Morgan fingerprint density at radius 1 is 1.00 bits per heavy atom. The predicted octanol–water partition coefficient (Wildman–Crippen LogP) is 3.87. The summed E-state index contributed by atoms with van der Waals surface area (Å²) in [5.41, 5.74) is 3.34. The van der Waals surface area contributed by atoms with Crippen LogP contribution in [0.2, 0.25) is 0 Å². The van der Waals surface area contributed by atoms with Crippen molar-refractivity contribution in [1.82, 2.24) is 4.90 Å². The van der Waals surface area contributed by atoms with Crippen molar-refractivity contribution in [3.05, 3.63) is 66.2 Å². The van der Waals surface area contributed by atoms with E-state index in [4.69, 9.17) is 0 Å². The Hall–Kier alpha value is -2.59. The number of amides is 1. The second-order valence-corrected chi connectivity index (χ2v) is 6.55. The summed E-state index contributed by atoms with van der Waals surface area (Å²) in [6.45, 7) is 7.03. The highest BCUT2D eigenvalue weighted by atomic mass is 16.1. The summed E-state index contributed by atoms with van der Waals surface area (Å²) in [5, 5.41) is 2.89. The normalized spacial score (nSPS) is 15.3. The SMILES string of the molecule is CCC(=O)Nc1ccc(N2CCN(C/C=C/c3ccccc3)CC2)cc1. The van der Waals surface area contributed by atoms with Crippen LogP contribution < -0.4 is 10.2 Å². The molecule has 4 heteroatoms. The second-order valence-electron chi connectivity index (χ2n) is 6.55. The molecule has 2 aromatic rings. The summed E-state index contributed by atoms with van der Waals surface area (Å²) in [6.07, 6.45) is 4.94. The van der Waals surface area contributed by atoms with Crippen molar-refractivity contribution >= 4 is 23.4 Å². The molecular formula is C22H27N3O. The number of benzene rings is 2. The van der Waals surface area contributed by atoms with E-state index in [-0.39, 0.29) is 5.91 Å². The van der Waals surface area contributed by atoms with Crippen LogP contribution in [0.3, 0.4) is 0 Å². The molecule has 0 saturated carbocycles. The number of carbonyl (C=O) groups excluding carboxylic acids is 1. The number of piperazine rings is 1. The van der Waals surface area contributed by atoms with Crippen LogP contribution in [0.15, 0.2) is 60.7 Å². The average Bonchev–Trinajstić information content (AvgIpc) is 2.70. The third-order valence-corrected chi connectivity index (χ3v) is 4.68. The second kappa shape index (κ2) is 9.20. The van der Waals surface area contributed by atoms with Crippen molar-refractivity contribution in [1.29, 1.82) is 0 Å². The first-order valence-electron chi connectivity index (χ1n) is 9.33. The molecule has 136 valence electrons. The molecule has 1 aliphatic rings. The Morgan fingerprint density at radius 2 is 1.69 bits per heavy atom. The van der Waals surface area contributed by atoms with Gasteiger partial charge in [-0.05, 0) is 29.8 Å². The molecule has 0 aromatic heterocycles. The molecule has 1 aliphatic heterocycles. The van der Waals surface area contributed by atoms with Gasteiger partial charge >= 0.3 is 0 Å². The Bertz CT molecular complexity index is 717. The van der Waals surface area contributed by atoms with E-state index in [1.54, 1.807) is 0 Å². The number of carbonyl (C=O) groups is 1. The summed E-state index contributed by atoms with van der Waals surface area (Å²) in [5.74, 6) is 0.0509. The molecule has 0 atom stereocenters. The fourth-order valence-corrected chi connectivity index (χ4v) is 3.10. The molecule has 0 bridgehead atoms. The molecule has 4 nitrogen and oxygen atoms in total. The van der Waals surface area contributed by atoms with Crippen LogP contribution in [0.4, 0.5) is 11.4 Å². The van der Waals surface area contributed by atoms with Gasteiger partial charge in [0.05, 0.1) is 0 Å². The van der Waals surface area contributed by atoms with Crippen molar-refractivity contribution < 1.29 is 4.79 Å². The molecule has 1 N–H and O–H groups in total. The summed E-state index contributed by atoms with van der Waals surface area (Å²) in [4.78, 5) is 16.3. The van der Waals surface area contributed by atoms with Gasteiger partial charge in [-0.25, -0.2) is 0 Å². The third-order valence-electron chi connectivity index (χ3n) is 4.68. The zero-order chi connectivity index (χ0) is 18.2. The van der Waals surface area contributed by atoms with Crippen LogP contribution >= 0.6 is 0 Å². The monoisotopic (exact) mass is 349 g/mol. The molecule has 2 aromatic carbocycles. The molecule has 26 heavy (non-hydrogen) atoms. The molecule has 0 aliphatic carbocycles. The minimum atomic E-state index is 0.0509. The molecule has 0 spiro atoms. The predicted molar refractivity (Wildman–Crippen MR) is 109 cm³/mol. The van der Waals surface area contributed by atoms with Gasteiger partial charge in [-0.15, -0.1) is 0 Å². The van der Waals surface area contributed by atoms with Crippen molar-refractivity contribution in [3.8, 4) is 0 Å². The highest BCUT2D eigenvalue weighted by Crippen LogP contribution is 2.19. The largest absolute Gasteiger partial charge is 0.369 e. The number of nitrogens with one attached hydrogen (secondary N) is 1. The van der Waals surface area contributed by atoms with Crippen LogP contribution in [-0.4, -0.2) is 43.5 Å². The van der Waals surface area contributed by atoms with Crippen molar-refractivity contribution in [3.63, 3.8) is 0 Å². The summed E-state index contributed by atoms with van der Waals surface area (Å²) < 4.78 is 0. The number of anilines is 2. The van der Waals surface area contributed by atoms with Gasteiger partial charge in [0.15, 0.2) is 0 Å². The van der Waals surface area contributed by atoms with E-state index in [2.05, 4.69) is 63.7 Å². The maximum Gasteiger partial charge on any atom is 0.224 e. The molecule has 3 rings (SSSR count). The fraction of sp³-hybridized carbons (Fsp3) is 0.318. The van der Waals surface area contributed by atoms with Gasteiger partial charge in [-0.3, -0.25) is 9.69 Å². The van der Waals surface area contributed by atoms with Crippen LogP contribution in [0.1, 0.15) is 18.9 Å². The number of nitrogens with zero attached hydrogens (tertiary/aromatic N) is 2. The smallest absolute Gasteiger partial charge is 0.224 e. The molecule has 0 radical (unpaired) electrons. The van der Waals surface area contributed by atoms with Crippen LogP contribution in [0.5, 0.6) is 0 Å². The minimum absolute atomic E-state index is 0.0509. The van der Waals surface area contributed by atoms with Crippen LogP contribution in [0, 0.1) is 0 Å². The van der Waals surface area contributed by atoms with E-state index in [0.29, 0.717) is 6.42 Å². The lowest BCUT2D eigenvalue weighted by Gasteiger charge is -2.35. The number of rotatable bonds is 6. The minimum Gasteiger partial charge on any atom is -0.369 e. The van der Waals surface area contributed by atoms with E-state index >= 15 is 0 Å². The Kier molecular flexibility index (Phi) is 6.45. The highest BCUT2D eigenvalue weighted by Gasteiger charge is 2.16. The Labute approximate surface area is 156 Å². The maximum absolute atomic E-state index is 11.4. The van der Waals surface area contributed by atoms with E-state index in [1.807, 2.05) is 25.1 Å². The van der Waals surface area contributed by atoms with Crippen molar-refractivity contribution in [2.24, 2.45) is 0 Å². The summed E-state index contributed by atoms with van der Waals surface area (Å²) >= 11 is 0. The highest BCUT2D eigenvalue weighted by molar-refractivity contribution is 5.90. The van der Waals surface area contributed by atoms with Crippen molar-refractivity contribution in [2.75, 3.05) is 42.9 Å². The van der Waals surface area contributed by atoms with Gasteiger partial charge in [-0.2, -0.15) is 0 Å². The van der Waals surface area contributed by atoms with Crippen LogP contribution in [-0.2, 0) is 4.79 Å². The zero-order valence-corrected chi connectivity index (χ0v) is 15.4. The lowest BCUT2D eigenvalue weighted by Crippen LogP contribution is -2.46. The number of hydrogen-bond acceptors (Lipinski definition) is 3. The van der Waals surface area contributed by atoms with E-state index in [9.17, 15) is 4.79 Å². The average molecular weight is 349 g/mol. The first kappa shape index (κ1) is 18.2. The molecular weight excluding hydrogens is 322 g/mol. The molecule has 1 heterocycles. The number of hydrogen-bond donors (Lipinski definition) is 1. The maximum atomic E-state index is 11.4. The quantitative estimate of drug-likeness (QED) is 0.860. The molecule has 1 amide bonds. The lowest BCUT2D eigenvalue weighted by molar-refractivity contribution is -0.115. The summed E-state index contributed by atoms with van der Waals surface area (Å²) in [7, 11) is 0. The molecule has 0 unspecified atom stereocenters. The van der Waals surface area contributed by atoms with E-state index in [0.717, 1.165) is 38.4 Å². The van der Waals surface area contributed by atoms with E-state index < -0.39 is 0 Å². The molecule has 1 fully saturated rings. The zero-order valence-electron chi connectivity index (χ0n) is 15.4. The standard InChI is InChI=1S/C22H27N3O/c1-2-22(26)23-20-10-12-21(13-11-20)25-17-15-24(16-18-25)14-6-9-19-7-4-3-5-8-19/h3-13H,2,14-18H2,1H3,(H,23,26)/b9-6+.